The molecule has 0 radical (unpaired) electrons. The lowest BCUT2D eigenvalue weighted by Gasteiger charge is -2.14. The maximum atomic E-state index is 12.8. The first-order chi connectivity index (χ1) is 17.9. The predicted molar refractivity (Wildman–Crippen MR) is 146 cm³/mol. The topological polar surface area (TPSA) is 98.1 Å². The third kappa shape index (κ3) is 6.37. The van der Waals surface area contributed by atoms with Crippen molar-refractivity contribution in [3.05, 3.63) is 94.8 Å². The molecule has 0 unspecified atom stereocenters. The van der Waals surface area contributed by atoms with Crippen LogP contribution in [0, 0.1) is 20.8 Å². The number of aromatic nitrogens is 3. The Morgan fingerprint density at radius 2 is 1.73 bits per heavy atom. The highest BCUT2D eigenvalue weighted by atomic mass is 32.2. The fourth-order valence-corrected chi connectivity index (χ4v) is 4.56. The predicted octanol–water partition coefficient (Wildman–Crippen LogP) is 4.86. The summed E-state index contributed by atoms with van der Waals surface area (Å²) in [6.45, 7) is 6.03. The van der Waals surface area contributed by atoms with E-state index >= 15 is 0 Å². The van der Waals surface area contributed by atoms with Crippen molar-refractivity contribution < 1.29 is 14.3 Å². The number of para-hydroxylation sites is 2. The summed E-state index contributed by atoms with van der Waals surface area (Å²) in [5, 5.41) is 15.1. The number of anilines is 1. The van der Waals surface area contributed by atoms with Crippen molar-refractivity contribution in [3.8, 4) is 11.4 Å². The van der Waals surface area contributed by atoms with E-state index < -0.39 is 0 Å². The number of rotatable bonds is 9. The molecule has 0 saturated carbocycles. The number of nitrogens with one attached hydrogen (secondary N) is 2. The van der Waals surface area contributed by atoms with E-state index in [9.17, 15) is 9.59 Å². The van der Waals surface area contributed by atoms with Gasteiger partial charge in [0.05, 0.1) is 25.1 Å². The second kappa shape index (κ2) is 11.7. The smallest absolute Gasteiger partial charge is 0.251 e. The standard InChI is InChI=1S/C28H29N5O3S/c1-18-8-7-9-21(14-18)27(35)29-16-25-31-32-28(33(25)23-10-5-6-11-24(23)36-4)37-17-26(34)30-22-15-19(2)12-13-20(22)3/h5-15H,16-17H2,1-4H3,(H,29,35)(H,30,34). The van der Waals surface area contributed by atoms with E-state index in [1.165, 1.54) is 11.8 Å². The monoisotopic (exact) mass is 515 g/mol. The maximum absolute atomic E-state index is 12.8. The molecule has 4 aromatic rings. The number of amides is 2. The van der Waals surface area contributed by atoms with Gasteiger partial charge < -0.3 is 15.4 Å². The average molecular weight is 516 g/mol. The average Bonchev–Trinajstić information content (AvgIpc) is 3.30. The minimum Gasteiger partial charge on any atom is -0.495 e. The number of methoxy groups -OCH3 is 1. The van der Waals surface area contributed by atoms with Gasteiger partial charge in [-0.3, -0.25) is 14.2 Å². The molecule has 8 nitrogen and oxygen atoms in total. The second-order valence-corrected chi connectivity index (χ2v) is 9.56. The van der Waals surface area contributed by atoms with Crippen molar-refractivity contribution in [2.75, 3.05) is 18.2 Å². The molecule has 0 spiro atoms. The van der Waals surface area contributed by atoms with Crippen molar-refractivity contribution in [2.45, 2.75) is 32.5 Å². The summed E-state index contributed by atoms with van der Waals surface area (Å²) in [5.74, 6) is 0.914. The maximum Gasteiger partial charge on any atom is 0.251 e. The number of nitrogens with zero attached hydrogens (tertiary/aromatic N) is 3. The molecule has 0 aliphatic carbocycles. The van der Waals surface area contributed by atoms with Crippen LogP contribution in [-0.4, -0.2) is 39.4 Å². The molecule has 0 atom stereocenters. The third-order valence-corrected chi connectivity index (χ3v) is 6.64. The van der Waals surface area contributed by atoms with Gasteiger partial charge in [-0.1, -0.05) is 53.7 Å². The lowest BCUT2D eigenvalue weighted by Crippen LogP contribution is -2.24. The Bertz CT molecular complexity index is 1430. The normalized spacial score (nSPS) is 10.7. The molecule has 3 aromatic carbocycles. The van der Waals surface area contributed by atoms with Crippen LogP contribution in [0.3, 0.4) is 0 Å². The van der Waals surface area contributed by atoms with Crippen LogP contribution in [0.2, 0.25) is 0 Å². The van der Waals surface area contributed by atoms with Crippen LogP contribution >= 0.6 is 11.8 Å². The molecule has 2 N–H and O–H groups in total. The van der Waals surface area contributed by atoms with Crippen molar-refractivity contribution in [3.63, 3.8) is 0 Å². The number of aryl methyl sites for hydroxylation is 3. The van der Waals surface area contributed by atoms with E-state index in [-0.39, 0.29) is 24.1 Å². The van der Waals surface area contributed by atoms with E-state index in [0.29, 0.717) is 28.0 Å². The van der Waals surface area contributed by atoms with Gasteiger partial charge in [-0.05, 0) is 62.2 Å². The Morgan fingerprint density at radius 1 is 0.946 bits per heavy atom. The first-order valence-electron chi connectivity index (χ1n) is 11.8. The summed E-state index contributed by atoms with van der Waals surface area (Å²) in [6, 6.07) is 20.8. The molecule has 4 rings (SSSR count). The lowest BCUT2D eigenvalue weighted by molar-refractivity contribution is -0.113. The fraction of sp³-hybridized carbons (Fsp3) is 0.214. The SMILES string of the molecule is COc1ccccc1-n1c(CNC(=O)c2cccc(C)c2)nnc1SCC(=O)Nc1cc(C)ccc1C. The van der Waals surface area contributed by atoms with Crippen LogP contribution in [0.4, 0.5) is 5.69 Å². The molecule has 0 bridgehead atoms. The van der Waals surface area contributed by atoms with Crippen LogP contribution in [-0.2, 0) is 11.3 Å². The summed E-state index contributed by atoms with van der Waals surface area (Å²) >= 11 is 1.26. The minimum absolute atomic E-state index is 0.135. The molecule has 2 amide bonds. The zero-order valence-electron chi connectivity index (χ0n) is 21.2. The summed E-state index contributed by atoms with van der Waals surface area (Å²) in [7, 11) is 1.59. The highest BCUT2D eigenvalue weighted by Gasteiger charge is 2.19. The summed E-state index contributed by atoms with van der Waals surface area (Å²) in [5.41, 5.74) is 5.14. The van der Waals surface area contributed by atoms with Crippen LogP contribution in [0.5, 0.6) is 5.75 Å². The van der Waals surface area contributed by atoms with E-state index in [0.717, 1.165) is 22.4 Å². The van der Waals surface area contributed by atoms with Gasteiger partial charge in [-0.15, -0.1) is 10.2 Å². The Labute approximate surface area is 220 Å². The number of hydrogen-bond donors (Lipinski definition) is 2. The molecule has 37 heavy (non-hydrogen) atoms. The minimum atomic E-state index is -0.208. The summed E-state index contributed by atoms with van der Waals surface area (Å²) in [6.07, 6.45) is 0. The number of thioether (sulfide) groups is 1. The molecule has 0 aliphatic heterocycles. The van der Waals surface area contributed by atoms with Crippen molar-refractivity contribution in [1.29, 1.82) is 0 Å². The van der Waals surface area contributed by atoms with E-state index in [4.69, 9.17) is 4.74 Å². The lowest BCUT2D eigenvalue weighted by atomic mass is 10.1. The molecule has 9 heteroatoms. The Balaban J connectivity index is 1.55. The van der Waals surface area contributed by atoms with Gasteiger partial charge in [0.15, 0.2) is 11.0 Å². The van der Waals surface area contributed by atoms with Gasteiger partial charge in [-0.2, -0.15) is 0 Å². The first-order valence-corrected chi connectivity index (χ1v) is 12.8. The van der Waals surface area contributed by atoms with Crippen molar-refractivity contribution >= 4 is 29.3 Å². The van der Waals surface area contributed by atoms with E-state index in [1.807, 2.05) is 86.0 Å². The number of carbonyl (C=O) groups is 2. The Morgan fingerprint density at radius 3 is 2.51 bits per heavy atom. The van der Waals surface area contributed by atoms with Crippen LogP contribution in [0.15, 0.2) is 71.9 Å². The summed E-state index contributed by atoms with van der Waals surface area (Å²) < 4.78 is 7.37. The van der Waals surface area contributed by atoms with Gasteiger partial charge in [0.25, 0.3) is 5.91 Å². The molecule has 0 aliphatic rings. The molecule has 190 valence electrons. The van der Waals surface area contributed by atoms with Crippen molar-refractivity contribution in [2.24, 2.45) is 0 Å². The molecular formula is C28H29N5O3S. The Hall–Kier alpha value is -4.11. The van der Waals surface area contributed by atoms with Crippen LogP contribution in [0.25, 0.3) is 5.69 Å². The summed E-state index contributed by atoms with van der Waals surface area (Å²) in [4.78, 5) is 25.5. The number of benzene rings is 3. The number of hydrogen-bond acceptors (Lipinski definition) is 6. The number of ether oxygens (including phenoxy) is 1. The fourth-order valence-electron chi connectivity index (χ4n) is 3.80. The van der Waals surface area contributed by atoms with Crippen molar-refractivity contribution in [1.82, 2.24) is 20.1 Å². The quantitative estimate of drug-likeness (QED) is 0.309. The van der Waals surface area contributed by atoms with Gasteiger partial charge in [-0.25, -0.2) is 0 Å². The van der Waals surface area contributed by atoms with E-state index in [1.54, 1.807) is 13.2 Å². The van der Waals surface area contributed by atoms with Gasteiger partial charge >= 0.3 is 0 Å². The molecule has 0 fully saturated rings. The largest absolute Gasteiger partial charge is 0.495 e. The molecule has 1 aromatic heterocycles. The Kier molecular flexibility index (Phi) is 8.25. The van der Waals surface area contributed by atoms with E-state index in [2.05, 4.69) is 20.8 Å². The number of carbonyl (C=O) groups excluding carboxylic acids is 2. The second-order valence-electron chi connectivity index (χ2n) is 8.61. The highest BCUT2D eigenvalue weighted by Crippen LogP contribution is 2.29. The first kappa shape index (κ1) is 26.0. The third-order valence-electron chi connectivity index (χ3n) is 5.71. The zero-order chi connectivity index (χ0) is 26.4. The molecular weight excluding hydrogens is 486 g/mol. The molecule has 0 saturated heterocycles. The van der Waals surface area contributed by atoms with Gasteiger partial charge in [0.1, 0.15) is 5.75 Å². The van der Waals surface area contributed by atoms with Crippen LogP contribution in [0.1, 0.15) is 32.9 Å². The highest BCUT2D eigenvalue weighted by molar-refractivity contribution is 7.99. The van der Waals surface area contributed by atoms with Gasteiger partial charge in [0.2, 0.25) is 5.91 Å². The zero-order valence-corrected chi connectivity index (χ0v) is 22.1. The van der Waals surface area contributed by atoms with Gasteiger partial charge in [0, 0.05) is 11.3 Å². The van der Waals surface area contributed by atoms with Crippen LogP contribution < -0.4 is 15.4 Å². The molecule has 1 heterocycles.